The highest BCUT2D eigenvalue weighted by molar-refractivity contribution is 5.97. The standard InChI is InChI=1S/C10H17NO2/c1-3-13-10(12)6-8(2)11-7-9-4-5-9/h9H,3-7H2,1-2H3. The van der Waals surface area contributed by atoms with Gasteiger partial charge in [0.1, 0.15) is 0 Å². The number of esters is 1. The summed E-state index contributed by atoms with van der Waals surface area (Å²) in [6.07, 6.45) is 2.95. The molecule has 1 aliphatic rings. The number of nitrogens with zero attached hydrogens (tertiary/aromatic N) is 1. The molecular formula is C10H17NO2. The van der Waals surface area contributed by atoms with Crippen LogP contribution in [-0.4, -0.2) is 24.8 Å². The molecule has 1 fully saturated rings. The first kappa shape index (κ1) is 10.2. The second kappa shape index (κ2) is 5.00. The van der Waals surface area contributed by atoms with Gasteiger partial charge in [0.25, 0.3) is 0 Å². The summed E-state index contributed by atoms with van der Waals surface area (Å²) in [5.74, 6) is 0.622. The fourth-order valence-electron chi connectivity index (χ4n) is 1.06. The van der Waals surface area contributed by atoms with Gasteiger partial charge in [0.15, 0.2) is 0 Å². The van der Waals surface area contributed by atoms with Crippen molar-refractivity contribution >= 4 is 11.7 Å². The van der Waals surface area contributed by atoms with Gasteiger partial charge in [-0.25, -0.2) is 0 Å². The lowest BCUT2D eigenvalue weighted by atomic mass is 10.3. The second-order valence-corrected chi connectivity index (χ2v) is 3.50. The molecule has 0 N–H and O–H groups in total. The van der Waals surface area contributed by atoms with Crippen molar-refractivity contribution in [2.24, 2.45) is 10.9 Å². The largest absolute Gasteiger partial charge is 0.466 e. The molecule has 0 atom stereocenters. The molecule has 74 valence electrons. The Labute approximate surface area is 79.2 Å². The van der Waals surface area contributed by atoms with Crippen molar-refractivity contribution in [3.63, 3.8) is 0 Å². The maximum Gasteiger partial charge on any atom is 0.311 e. The highest BCUT2D eigenvalue weighted by Gasteiger charge is 2.20. The van der Waals surface area contributed by atoms with E-state index in [4.69, 9.17) is 4.74 Å². The predicted octanol–water partition coefficient (Wildman–Crippen LogP) is 1.81. The molecule has 1 aliphatic carbocycles. The van der Waals surface area contributed by atoms with Crippen LogP contribution in [0.3, 0.4) is 0 Å². The Morgan fingerprint density at radius 2 is 2.23 bits per heavy atom. The summed E-state index contributed by atoms with van der Waals surface area (Å²) in [5, 5.41) is 0. The second-order valence-electron chi connectivity index (χ2n) is 3.50. The summed E-state index contributed by atoms with van der Waals surface area (Å²) >= 11 is 0. The van der Waals surface area contributed by atoms with Crippen molar-refractivity contribution < 1.29 is 9.53 Å². The lowest BCUT2D eigenvalue weighted by molar-refractivity contribution is -0.141. The van der Waals surface area contributed by atoms with Crippen LogP contribution in [0.5, 0.6) is 0 Å². The van der Waals surface area contributed by atoms with Crippen LogP contribution < -0.4 is 0 Å². The van der Waals surface area contributed by atoms with Crippen molar-refractivity contribution in [2.75, 3.05) is 13.2 Å². The first-order chi connectivity index (χ1) is 6.22. The molecule has 0 unspecified atom stereocenters. The van der Waals surface area contributed by atoms with E-state index in [1.165, 1.54) is 12.8 Å². The highest BCUT2D eigenvalue weighted by Crippen LogP contribution is 2.28. The van der Waals surface area contributed by atoms with E-state index in [0.717, 1.165) is 18.2 Å². The lowest BCUT2D eigenvalue weighted by Gasteiger charge is -2.00. The van der Waals surface area contributed by atoms with Gasteiger partial charge in [-0.2, -0.15) is 0 Å². The van der Waals surface area contributed by atoms with Crippen molar-refractivity contribution in [2.45, 2.75) is 33.1 Å². The molecule has 0 saturated heterocycles. The maximum atomic E-state index is 11.0. The quantitative estimate of drug-likeness (QED) is 0.481. The minimum atomic E-state index is -0.167. The summed E-state index contributed by atoms with van der Waals surface area (Å²) in [5.41, 5.74) is 0.894. The third-order valence-electron chi connectivity index (χ3n) is 2.02. The molecule has 0 aromatic heterocycles. The van der Waals surface area contributed by atoms with E-state index < -0.39 is 0 Å². The Bertz CT molecular complexity index is 207. The predicted molar refractivity (Wildman–Crippen MR) is 52.0 cm³/mol. The molecule has 0 aromatic rings. The Balaban J connectivity index is 2.17. The zero-order chi connectivity index (χ0) is 9.68. The number of ether oxygens (including phenoxy) is 1. The summed E-state index contributed by atoms with van der Waals surface area (Å²) in [4.78, 5) is 15.3. The Morgan fingerprint density at radius 1 is 1.54 bits per heavy atom. The highest BCUT2D eigenvalue weighted by atomic mass is 16.5. The summed E-state index contributed by atoms with van der Waals surface area (Å²) in [6, 6.07) is 0. The number of carbonyl (C=O) groups excluding carboxylic acids is 1. The molecule has 13 heavy (non-hydrogen) atoms. The van der Waals surface area contributed by atoms with Crippen LogP contribution in [0, 0.1) is 5.92 Å². The zero-order valence-corrected chi connectivity index (χ0v) is 8.38. The van der Waals surface area contributed by atoms with E-state index in [-0.39, 0.29) is 5.97 Å². The topological polar surface area (TPSA) is 38.7 Å². The molecule has 3 nitrogen and oxygen atoms in total. The molecule has 0 aromatic carbocycles. The minimum Gasteiger partial charge on any atom is -0.466 e. The van der Waals surface area contributed by atoms with Crippen LogP contribution in [0.1, 0.15) is 33.1 Å². The lowest BCUT2D eigenvalue weighted by Crippen LogP contribution is -2.09. The van der Waals surface area contributed by atoms with Gasteiger partial charge in [0.2, 0.25) is 0 Å². The van der Waals surface area contributed by atoms with Gasteiger partial charge in [-0.1, -0.05) is 0 Å². The maximum absolute atomic E-state index is 11.0. The Kier molecular flexibility index (Phi) is 3.93. The fraction of sp³-hybridized carbons (Fsp3) is 0.800. The van der Waals surface area contributed by atoms with Gasteiger partial charge in [-0.3, -0.25) is 9.79 Å². The van der Waals surface area contributed by atoms with E-state index in [1.54, 1.807) is 0 Å². The third kappa shape index (κ3) is 4.65. The first-order valence-corrected chi connectivity index (χ1v) is 4.88. The van der Waals surface area contributed by atoms with Crippen molar-refractivity contribution in [1.82, 2.24) is 0 Å². The van der Waals surface area contributed by atoms with Crippen molar-refractivity contribution in [1.29, 1.82) is 0 Å². The average Bonchev–Trinajstić information content (AvgIpc) is 2.84. The zero-order valence-electron chi connectivity index (χ0n) is 8.38. The normalized spacial score (nSPS) is 17.2. The van der Waals surface area contributed by atoms with Crippen LogP contribution in [-0.2, 0) is 9.53 Å². The van der Waals surface area contributed by atoms with Crippen LogP contribution in [0.2, 0.25) is 0 Å². The van der Waals surface area contributed by atoms with E-state index >= 15 is 0 Å². The average molecular weight is 183 g/mol. The van der Waals surface area contributed by atoms with Crippen molar-refractivity contribution in [3.05, 3.63) is 0 Å². The Morgan fingerprint density at radius 3 is 2.77 bits per heavy atom. The number of rotatable bonds is 5. The van der Waals surface area contributed by atoms with Crippen LogP contribution >= 0.6 is 0 Å². The van der Waals surface area contributed by atoms with Gasteiger partial charge >= 0.3 is 5.97 Å². The third-order valence-corrected chi connectivity index (χ3v) is 2.02. The van der Waals surface area contributed by atoms with Crippen LogP contribution in [0.15, 0.2) is 4.99 Å². The van der Waals surface area contributed by atoms with Crippen LogP contribution in [0.4, 0.5) is 0 Å². The van der Waals surface area contributed by atoms with Gasteiger partial charge in [-0.15, -0.1) is 0 Å². The SMILES string of the molecule is CCOC(=O)CC(C)=NCC1CC1. The van der Waals surface area contributed by atoms with Gasteiger partial charge < -0.3 is 4.74 Å². The fourth-order valence-corrected chi connectivity index (χ4v) is 1.06. The van der Waals surface area contributed by atoms with E-state index in [0.29, 0.717) is 13.0 Å². The molecule has 1 rings (SSSR count). The monoisotopic (exact) mass is 183 g/mol. The molecule has 1 saturated carbocycles. The van der Waals surface area contributed by atoms with Crippen molar-refractivity contribution in [3.8, 4) is 0 Å². The van der Waals surface area contributed by atoms with Gasteiger partial charge in [-0.05, 0) is 32.6 Å². The molecule has 0 bridgehead atoms. The summed E-state index contributed by atoms with van der Waals surface area (Å²) in [7, 11) is 0. The molecular weight excluding hydrogens is 166 g/mol. The molecule has 0 spiro atoms. The van der Waals surface area contributed by atoms with Gasteiger partial charge in [0.05, 0.1) is 13.0 Å². The Hall–Kier alpha value is -0.860. The molecule has 0 heterocycles. The minimum absolute atomic E-state index is 0.167. The number of hydrogen-bond donors (Lipinski definition) is 0. The first-order valence-electron chi connectivity index (χ1n) is 4.88. The molecule has 3 heteroatoms. The number of carbonyl (C=O) groups is 1. The molecule has 0 aliphatic heterocycles. The summed E-state index contributed by atoms with van der Waals surface area (Å²) < 4.78 is 4.82. The summed E-state index contributed by atoms with van der Waals surface area (Å²) in [6.45, 7) is 5.05. The van der Waals surface area contributed by atoms with Crippen LogP contribution in [0.25, 0.3) is 0 Å². The number of aliphatic imine (C=N–C) groups is 1. The molecule has 0 radical (unpaired) electrons. The van der Waals surface area contributed by atoms with E-state index in [9.17, 15) is 4.79 Å². The van der Waals surface area contributed by atoms with E-state index in [2.05, 4.69) is 4.99 Å². The van der Waals surface area contributed by atoms with E-state index in [1.807, 2.05) is 13.8 Å². The molecule has 0 amide bonds. The number of hydrogen-bond acceptors (Lipinski definition) is 3. The smallest absolute Gasteiger partial charge is 0.311 e. The van der Waals surface area contributed by atoms with Gasteiger partial charge in [0, 0.05) is 12.3 Å².